The van der Waals surface area contributed by atoms with E-state index in [4.69, 9.17) is 17.3 Å². The van der Waals surface area contributed by atoms with E-state index < -0.39 is 4.92 Å². The maximum absolute atomic E-state index is 10.7. The minimum absolute atomic E-state index is 0. The number of nitrogens with zero attached hydrogens (tertiary/aromatic N) is 2. The number of rotatable bonds is 5. The van der Waals surface area contributed by atoms with Crippen LogP contribution in [0.15, 0.2) is 18.2 Å². The van der Waals surface area contributed by atoms with Crippen molar-refractivity contribution in [1.29, 1.82) is 0 Å². The molecule has 0 bridgehead atoms. The third kappa shape index (κ3) is 5.11. The van der Waals surface area contributed by atoms with Gasteiger partial charge in [0.05, 0.1) is 4.92 Å². The number of hydrogen-bond donors (Lipinski definition) is 1. The topological polar surface area (TPSA) is 72.4 Å². The van der Waals surface area contributed by atoms with Gasteiger partial charge in [0.2, 0.25) is 0 Å². The lowest BCUT2D eigenvalue weighted by Gasteiger charge is -2.32. The lowest BCUT2D eigenvalue weighted by atomic mass is 9.94. The molecular weight excluding hydrogens is 313 g/mol. The van der Waals surface area contributed by atoms with Crippen molar-refractivity contribution in [1.82, 2.24) is 4.90 Å². The highest BCUT2D eigenvalue weighted by molar-refractivity contribution is 6.32. The molecule has 0 aromatic heterocycles. The van der Waals surface area contributed by atoms with Gasteiger partial charge in [-0.3, -0.25) is 15.0 Å². The molecule has 7 heteroatoms. The van der Waals surface area contributed by atoms with Crippen molar-refractivity contribution in [2.45, 2.75) is 25.8 Å². The van der Waals surface area contributed by atoms with E-state index in [2.05, 4.69) is 4.90 Å². The molecule has 1 aliphatic rings. The smallest absolute Gasteiger partial charge is 0.287 e. The molecule has 1 saturated heterocycles. The van der Waals surface area contributed by atoms with E-state index in [-0.39, 0.29) is 23.1 Å². The molecule has 1 atom stereocenters. The Kier molecular flexibility index (Phi) is 7.39. The molecule has 1 aliphatic heterocycles. The fourth-order valence-corrected chi connectivity index (χ4v) is 3.09. The largest absolute Gasteiger partial charge is 0.330 e. The quantitative estimate of drug-likeness (QED) is 0.663. The Bertz CT molecular complexity index is 483. The van der Waals surface area contributed by atoms with Crippen molar-refractivity contribution in [2.24, 2.45) is 11.7 Å². The first kappa shape index (κ1) is 18.2. The molecule has 1 aromatic rings. The summed E-state index contributed by atoms with van der Waals surface area (Å²) < 4.78 is 0. The number of nitrogens with two attached hydrogens (primary N) is 1. The molecule has 118 valence electrons. The van der Waals surface area contributed by atoms with E-state index in [1.807, 2.05) is 0 Å². The lowest BCUT2D eigenvalue weighted by molar-refractivity contribution is -0.384. The third-order valence-electron chi connectivity index (χ3n) is 3.79. The average molecular weight is 334 g/mol. The summed E-state index contributed by atoms with van der Waals surface area (Å²) in [6.07, 6.45) is 3.50. The van der Waals surface area contributed by atoms with Crippen LogP contribution in [-0.2, 0) is 6.54 Å². The van der Waals surface area contributed by atoms with Crippen molar-refractivity contribution in [3.8, 4) is 0 Å². The summed E-state index contributed by atoms with van der Waals surface area (Å²) in [7, 11) is 0. The normalized spacial score (nSPS) is 19.0. The monoisotopic (exact) mass is 333 g/mol. The van der Waals surface area contributed by atoms with Crippen molar-refractivity contribution < 1.29 is 4.92 Å². The molecule has 1 heterocycles. The van der Waals surface area contributed by atoms with Gasteiger partial charge in [0.15, 0.2) is 0 Å². The molecule has 0 saturated carbocycles. The van der Waals surface area contributed by atoms with Crippen molar-refractivity contribution in [3.05, 3.63) is 38.9 Å². The molecule has 1 fully saturated rings. The fourth-order valence-electron chi connectivity index (χ4n) is 2.82. The molecule has 5 nitrogen and oxygen atoms in total. The van der Waals surface area contributed by atoms with Gasteiger partial charge < -0.3 is 5.73 Å². The van der Waals surface area contributed by atoms with Crippen LogP contribution in [0.5, 0.6) is 0 Å². The van der Waals surface area contributed by atoms with Gasteiger partial charge in [-0.25, -0.2) is 0 Å². The number of piperidine rings is 1. The van der Waals surface area contributed by atoms with Gasteiger partial charge >= 0.3 is 0 Å². The summed E-state index contributed by atoms with van der Waals surface area (Å²) >= 11 is 5.94. The third-order valence-corrected chi connectivity index (χ3v) is 4.10. The first-order valence-corrected chi connectivity index (χ1v) is 7.33. The molecule has 2 N–H and O–H groups in total. The van der Waals surface area contributed by atoms with Crippen LogP contribution < -0.4 is 5.73 Å². The van der Waals surface area contributed by atoms with E-state index in [1.165, 1.54) is 18.9 Å². The molecule has 0 amide bonds. The number of likely N-dealkylation sites (tertiary alicyclic amines) is 1. The Morgan fingerprint density at radius 3 is 2.86 bits per heavy atom. The molecule has 1 unspecified atom stereocenters. The average Bonchev–Trinajstić information content (AvgIpc) is 2.39. The Morgan fingerprint density at radius 1 is 1.48 bits per heavy atom. The Balaban J connectivity index is 0.00000220. The number of benzene rings is 1. The molecule has 1 aromatic carbocycles. The van der Waals surface area contributed by atoms with Crippen molar-refractivity contribution >= 4 is 29.7 Å². The Hall–Kier alpha value is -0.880. The van der Waals surface area contributed by atoms with Crippen LogP contribution in [0, 0.1) is 16.0 Å². The van der Waals surface area contributed by atoms with Crippen LogP contribution in [0.3, 0.4) is 0 Å². The summed E-state index contributed by atoms with van der Waals surface area (Å²) in [5.74, 6) is 0.669. The standard InChI is InChI=1S/C14H20ClN3O2.ClH/c15-13-8-12(3-4-14(13)18(19)20)10-17-7-1-2-11(9-17)5-6-16;/h3-4,8,11H,1-2,5-7,9-10,16H2;1H. The number of nitro groups is 1. The van der Waals surface area contributed by atoms with Crippen LogP contribution in [-0.4, -0.2) is 29.5 Å². The van der Waals surface area contributed by atoms with E-state index >= 15 is 0 Å². The van der Waals surface area contributed by atoms with Gasteiger partial charge in [-0.15, -0.1) is 12.4 Å². The predicted molar refractivity (Wildman–Crippen MR) is 87.0 cm³/mol. The van der Waals surface area contributed by atoms with Crippen molar-refractivity contribution in [2.75, 3.05) is 19.6 Å². The van der Waals surface area contributed by atoms with E-state index in [1.54, 1.807) is 12.1 Å². The first-order chi connectivity index (χ1) is 9.60. The molecule has 2 rings (SSSR count). The highest BCUT2D eigenvalue weighted by atomic mass is 35.5. The van der Waals surface area contributed by atoms with Crippen LogP contribution in [0.1, 0.15) is 24.8 Å². The van der Waals surface area contributed by atoms with Gasteiger partial charge in [0.1, 0.15) is 5.02 Å². The summed E-state index contributed by atoms with van der Waals surface area (Å²) in [6, 6.07) is 4.97. The zero-order valence-electron chi connectivity index (χ0n) is 11.8. The second-order valence-electron chi connectivity index (χ2n) is 5.36. The molecule has 0 aliphatic carbocycles. The van der Waals surface area contributed by atoms with Crippen LogP contribution in [0.2, 0.25) is 5.02 Å². The summed E-state index contributed by atoms with van der Waals surface area (Å²) in [4.78, 5) is 12.7. The minimum Gasteiger partial charge on any atom is -0.330 e. The highest BCUT2D eigenvalue weighted by Gasteiger charge is 2.20. The molecule has 0 spiro atoms. The van der Waals surface area contributed by atoms with Crippen LogP contribution in [0.25, 0.3) is 0 Å². The van der Waals surface area contributed by atoms with Crippen LogP contribution in [0.4, 0.5) is 5.69 Å². The van der Waals surface area contributed by atoms with E-state index in [0.29, 0.717) is 5.92 Å². The highest BCUT2D eigenvalue weighted by Crippen LogP contribution is 2.27. The zero-order chi connectivity index (χ0) is 14.5. The SMILES string of the molecule is Cl.NCCC1CCCN(Cc2ccc([N+](=O)[O-])c(Cl)c2)C1. The van der Waals surface area contributed by atoms with Gasteiger partial charge in [-0.1, -0.05) is 17.7 Å². The molecular formula is C14H21Cl2N3O2. The summed E-state index contributed by atoms with van der Waals surface area (Å²) in [6.45, 7) is 3.64. The summed E-state index contributed by atoms with van der Waals surface area (Å²) in [5, 5.41) is 10.9. The lowest BCUT2D eigenvalue weighted by Crippen LogP contribution is -2.35. The second-order valence-corrected chi connectivity index (χ2v) is 5.77. The van der Waals surface area contributed by atoms with E-state index in [0.717, 1.165) is 38.2 Å². The van der Waals surface area contributed by atoms with Gasteiger partial charge in [0, 0.05) is 19.2 Å². The van der Waals surface area contributed by atoms with Gasteiger partial charge in [0.25, 0.3) is 5.69 Å². The number of nitro benzene ring substituents is 1. The van der Waals surface area contributed by atoms with Crippen molar-refractivity contribution in [3.63, 3.8) is 0 Å². The number of halogens is 2. The predicted octanol–water partition coefficient (Wildman–Crippen LogP) is 3.23. The summed E-state index contributed by atoms with van der Waals surface area (Å²) in [5.41, 5.74) is 6.61. The maximum Gasteiger partial charge on any atom is 0.287 e. The van der Waals surface area contributed by atoms with E-state index in [9.17, 15) is 10.1 Å². The number of hydrogen-bond acceptors (Lipinski definition) is 4. The minimum atomic E-state index is -0.454. The molecule has 0 radical (unpaired) electrons. The second kappa shape index (κ2) is 8.54. The fraction of sp³-hybridized carbons (Fsp3) is 0.571. The van der Waals surface area contributed by atoms with Gasteiger partial charge in [-0.05, 0) is 49.9 Å². The molecule has 21 heavy (non-hydrogen) atoms. The zero-order valence-corrected chi connectivity index (χ0v) is 13.4. The van der Waals surface area contributed by atoms with Crippen LogP contribution >= 0.6 is 24.0 Å². The maximum atomic E-state index is 10.7. The van der Waals surface area contributed by atoms with Gasteiger partial charge in [-0.2, -0.15) is 0 Å². The Labute approximate surface area is 136 Å². The Morgan fingerprint density at radius 2 is 2.24 bits per heavy atom. The first-order valence-electron chi connectivity index (χ1n) is 6.95.